The molecule has 0 saturated heterocycles. The first-order valence-corrected chi connectivity index (χ1v) is 8.62. The van der Waals surface area contributed by atoms with Crippen LogP contribution in [-0.4, -0.2) is 20.6 Å². The number of hydrogen-bond acceptors (Lipinski definition) is 5. The number of benzene rings is 1. The molecule has 2 N–H and O–H groups in total. The van der Waals surface area contributed by atoms with Crippen molar-refractivity contribution >= 4 is 11.6 Å². The Morgan fingerprint density at radius 3 is 2.66 bits per heavy atom. The average Bonchev–Trinajstić information content (AvgIpc) is 2.68. The maximum absolute atomic E-state index is 13.4. The van der Waals surface area contributed by atoms with E-state index in [1.165, 1.54) is 30.6 Å². The normalized spacial score (nSPS) is 11.0. The smallest absolute Gasteiger partial charge is 0.267 e. The van der Waals surface area contributed by atoms with Crippen molar-refractivity contribution in [1.29, 1.82) is 5.26 Å². The minimum Gasteiger partial charge on any atom is -0.384 e. The summed E-state index contributed by atoms with van der Waals surface area (Å²) in [4.78, 5) is 29.5. The zero-order valence-electron chi connectivity index (χ0n) is 15.7. The molecule has 7 nitrogen and oxygen atoms in total. The molecule has 0 aliphatic heterocycles. The number of aliphatic hydroxyl groups is 1. The fourth-order valence-corrected chi connectivity index (χ4v) is 2.69. The van der Waals surface area contributed by atoms with Crippen LogP contribution in [0.2, 0.25) is 0 Å². The summed E-state index contributed by atoms with van der Waals surface area (Å²) in [6.45, 7) is 3.18. The van der Waals surface area contributed by atoms with E-state index in [-0.39, 0.29) is 16.8 Å². The van der Waals surface area contributed by atoms with Gasteiger partial charge in [-0.05, 0) is 56.3 Å². The molecular weight excluding hydrogens is 375 g/mol. The summed E-state index contributed by atoms with van der Waals surface area (Å²) in [7, 11) is 0. The van der Waals surface area contributed by atoms with Gasteiger partial charge < -0.3 is 10.4 Å². The van der Waals surface area contributed by atoms with Crippen LogP contribution >= 0.6 is 0 Å². The van der Waals surface area contributed by atoms with Crippen LogP contribution in [0.3, 0.4) is 0 Å². The number of anilines is 1. The highest BCUT2D eigenvalue weighted by molar-refractivity contribution is 6.03. The van der Waals surface area contributed by atoms with Crippen molar-refractivity contribution in [2.24, 2.45) is 0 Å². The number of rotatable bonds is 4. The minimum atomic E-state index is -1.12. The van der Waals surface area contributed by atoms with E-state index in [1.807, 2.05) is 6.07 Å². The van der Waals surface area contributed by atoms with Crippen LogP contribution in [0.5, 0.6) is 0 Å². The number of nitrogens with one attached hydrogen (secondary N) is 1. The van der Waals surface area contributed by atoms with Gasteiger partial charge in [-0.2, -0.15) is 5.26 Å². The van der Waals surface area contributed by atoms with Crippen LogP contribution < -0.4 is 10.9 Å². The molecule has 0 saturated carbocycles. The highest BCUT2D eigenvalue weighted by Crippen LogP contribution is 2.19. The van der Waals surface area contributed by atoms with Gasteiger partial charge >= 0.3 is 0 Å². The Morgan fingerprint density at radius 2 is 2.03 bits per heavy atom. The Hall–Kier alpha value is -3.83. The zero-order chi connectivity index (χ0) is 21.2. The Morgan fingerprint density at radius 1 is 1.28 bits per heavy atom. The van der Waals surface area contributed by atoms with Crippen LogP contribution in [0, 0.1) is 17.1 Å². The van der Waals surface area contributed by atoms with Crippen LogP contribution in [0.1, 0.15) is 35.5 Å². The molecule has 0 fully saturated rings. The SMILES string of the molecule is CC(C)(O)c1ccc(NC(=O)c2cccn(-c3ccc(F)cc3C#N)c2=O)cn1. The second-order valence-corrected chi connectivity index (χ2v) is 6.82. The molecule has 3 rings (SSSR count). The maximum atomic E-state index is 13.4. The first kappa shape index (κ1) is 19.9. The predicted octanol–water partition coefficient (Wildman–Crippen LogP) is 2.72. The van der Waals surface area contributed by atoms with Gasteiger partial charge in [-0.1, -0.05) is 0 Å². The quantitative estimate of drug-likeness (QED) is 0.710. The number of nitrogens with zero attached hydrogens (tertiary/aromatic N) is 3. The summed E-state index contributed by atoms with van der Waals surface area (Å²) in [6, 6.07) is 11.3. The van der Waals surface area contributed by atoms with Crippen molar-refractivity contribution in [2.45, 2.75) is 19.4 Å². The summed E-state index contributed by atoms with van der Waals surface area (Å²) in [5, 5.41) is 21.7. The van der Waals surface area contributed by atoms with E-state index in [4.69, 9.17) is 0 Å². The summed E-state index contributed by atoms with van der Waals surface area (Å²) in [6.07, 6.45) is 2.77. The lowest BCUT2D eigenvalue weighted by Crippen LogP contribution is -2.28. The van der Waals surface area contributed by atoms with Gasteiger partial charge in [-0.25, -0.2) is 4.39 Å². The van der Waals surface area contributed by atoms with E-state index in [0.29, 0.717) is 11.4 Å². The van der Waals surface area contributed by atoms with Gasteiger partial charge in [0.05, 0.1) is 28.8 Å². The predicted molar refractivity (Wildman–Crippen MR) is 104 cm³/mol. The Labute approximate surface area is 165 Å². The van der Waals surface area contributed by atoms with Crippen molar-refractivity contribution in [3.63, 3.8) is 0 Å². The number of aromatic nitrogens is 2. The lowest BCUT2D eigenvalue weighted by atomic mass is 10.1. The molecule has 146 valence electrons. The highest BCUT2D eigenvalue weighted by Gasteiger charge is 2.18. The van der Waals surface area contributed by atoms with E-state index < -0.39 is 22.9 Å². The third-order valence-corrected chi connectivity index (χ3v) is 4.18. The van der Waals surface area contributed by atoms with Crippen LogP contribution in [-0.2, 0) is 5.60 Å². The highest BCUT2D eigenvalue weighted by atomic mass is 19.1. The minimum absolute atomic E-state index is 0.0314. The fraction of sp³-hybridized carbons (Fsp3) is 0.143. The summed E-state index contributed by atoms with van der Waals surface area (Å²) >= 11 is 0. The first-order chi connectivity index (χ1) is 13.7. The molecule has 8 heteroatoms. The molecule has 0 spiro atoms. The van der Waals surface area contributed by atoms with E-state index in [9.17, 15) is 24.3 Å². The fourth-order valence-electron chi connectivity index (χ4n) is 2.69. The van der Waals surface area contributed by atoms with Gasteiger partial charge in [0.25, 0.3) is 11.5 Å². The van der Waals surface area contributed by atoms with Crippen LogP contribution in [0.25, 0.3) is 5.69 Å². The van der Waals surface area contributed by atoms with Crippen molar-refractivity contribution in [3.05, 3.63) is 87.9 Å². The molecule has 0 bridgehead atoms. The average molecular weight is 392 g/mol. The summed E-state index contributed by atoms with van der Waals surface area (Å²) < 4.78 is 14.5. The van der Waals surface area contributed by atoms with Crippen molar-refractivity contribution in [2.75, 3.05) is 5.32 Å². The monoisotopic (exact) mass is 392 g/mol. The molecule has 2 heterocycles. The topological polar surface area (TPSA) is 108 Å². The first-order valence-electron chi connectivity index (χ1n) is 8.62. The lowest BCUT2D eigenvalue weighted by molar-refractivity contribution is 0.0739. The number of amides is 1. The van der Waals surface area contributed by atoms with E-state index in [0.717, 1.165) is 16.7 Å². The van der Waals surface area contributed by atoms with E-state index in [2.05, 4.69) is 10.3 Å². The Bertz CT molecular complexity index is 1170. The summed E-state index contributed by atoms with van der Waals surface area (Å²) in [5.41, 5.74) is -1.03. The number of hydrogen-bond donors (Lipinski definition) is 2. The number of pyridine rings is 2. The maximum Gasteiger partial charge on any atom is 0.267 e. The molecule has 0 aliphatic carbocycles. The van der Waals surface area contributed by atoms with E-state index in [1.54, 1.807) is 26.0 Å². The van der Waals surface area contributed by atoms with Gasteiger partial charge in [-0.3, -0.25) is 19.1 Å². The van der Waals surface area contributed by atoms with Crippen LogP contribution in [0.15, 0.2) is 59.7 Å². The van der Waals surface area contributed by atoms with Gasteiger partial charge in [0, 0.05) is 6.20 Å². The lowest BCUT2D eigenvalue weighted by Gasteiger charge is -2.16. The summed E-state index contributed by atoms with van der Waals surface area (Å²) in [5.74, 6) is -1.27. The molecule has 0 radical (unpaired) electrons. The molecule has 0 unspecified atom stereocenters. The van der Waals surface area contributed by atoms with Gasteiger partial charge in [0.15, 0.2) is 0 Å². The largest absolute Gasteiger partial charge is 0.384 e. The number of halogens is 1. The molecule has 29 heavy (non-hydrogen) atoms. The number of carbonyl (C=O) groups excluding carboxylic acids is 1. The molecule has 3 aromatic rings. The second-order valence-electron chi connectivity index (χ2n) is 6.82. The molecule has 0 atom stereocenters. The van der Waals surface area contributed by atoms with E-state index >= 15 is 0 Å². The van der Waals surface area contributed by atoms with Gasteiger partial charge in [-0.15, -0.1) is 0 Å². The molecule has 1 amide bonds. The van der Waals surface area contributed by atoms with Gasteiger partial charge in [0.1, 0.15) is 23.1 Å². The Balaban J connectivity index is 1.93. The zero-order valence-corrected chi connectivity index (χ0v) is 15.7. The molecular formula is C21H17FN4O3. The molecule has 1 aromatic carbocycles. The third-order valence-electron chi connectivity index (χ3n) is 4.18. The second kappa shape index (κ2) is 7.66. The molecule has 2 aromatic heterocycles. The van der Waals surface area contributed by atoms with Crippen LogP contribution in [0.4, 0.5) is 10.1 Å². The number of carbonyl (C=O) groups is 1. The third kappa shape index (κ3) is 4.20. The van der Waals surface area contributed by atoms with Crippen molar-refractivity contribution < 1.29 is 14.3 Å². The van der Waals surface area contributed by atoms with Crippen molar-refractivity contribution in [3.8, 4) is 11.8 Å². The van der Waals surface area contributed by atoms with Gasteiger partial charge in [0.2, 0.25) is 0 Å². The number of nitriles is 1. The Kier molecular flexibility index (Phi) is 5.26. The molecule has 0 aliphatic rings. The van der Waals surface area contributed by atoms with Crippen molar-refractivity contribution in [1.82, 2.24) is 9.55 Å². The standard InChI is InChI=1S/C21H17FN4O3/c1-21(2,29)18-8-6-15(12-24-18)25-19(27)16-4-3-9-26(20(16)28)17-7-5-14(22)10-13(17)11-23/h3-10,12,29H,1-2H3,(H,25,27).